The zero-order chi connectivity index (χ0) is 24.5. The molecule has 174 valence electrons. The standard InChI is InChI=1S/C24H18F2N2O5S/c25-24(26)34(32,33)18-9-7-17(8-10-18)27-21(29)16-6-11-19-20(14-16)23(31)28(22(19)30)13-12-15-4-2-1-3-5-15/h1-11,14,24H,12-13H2,(H,27,29). The number of alkyl halides is 2. The lowest BCUT2D eigenvalue weighted by molar-refractivity contribution is 0.0656. The largest absolute Gasteiger partial charge is 0.341 e. The Morgan fingerprint density at radius 3 is 2.18 bits per heavy atom. The molecule has 10 heteroatoms. The number of halogens is 2. The number of sulfone groups is 1. The molecule has 1 aliphatic rings. The molecule has 0 aromatic heterocycles. The van der Waals surface area contributed by atoms with Crippen molar-refractivity contribution in [3.05, 3.63) is 95.1 Å². The van der Waals surface area contributed by atoms with Crippen molar-refractivity contribution >= 4 is 33.2 Å². The molecule has 7 nitrogen and oxygen atoms in total. The number of fused-ring (bicyclic) bond motifs is 1. The van der Waals surface area contributed by atoms with Crippen LogP contribution < -0.4 is 5.32 Å². The van der Waals surface area contributed by atoms with Gasteiger partial charge in [0.25, 0.3) is 17.7 Å². The van der Waals surface area contributed by atoms with Gasteiger partial charge in [-0.1, -0.05) is 30.3 Å². The third-order valence-corrected chi connectivity index (χ3v) is 6.77. The predicted octanol–water partition coefficient (Wildman–Crippen LogP) is 3.77. The van der Waals surface area contributed by atoms with Gasteiger partial charge in [-0.3, -0.25) is 19.3 Å². The highest BCUT2D eigenvalue weighted by Crippen LogP contribution is 2.25. The summed E-state index contributed by atoms with van der Waals surface area (Å²) >= 11 is 0. The van der Waals surface area contributed by atoms with Crippen molar-refractivity contribution in [1.82, 2.24) is 4.90 Å². The molecule has 3 aromatic rings. The van der Waals surface area contributed by atoms with Crippen LogP contribution in [0.5, 0.6) is 0 Å². The van der Waals surface area contributed by atoms with Gasteiger partial charge in [-0.15, -0.1) is 0 Å². The van der Waals surface area contributed by atoms with Crippen LogP contribution in [0.25, 0.3) is 0 Å². The number of anilines is 1. The van der Waals surface area contributed by atoms with Gasteiger partial charge >= 0.3 is 5.76 Å². The minimum Gasteiger partial charge on any atom is -0.322 e. The van der Waals surface area contributed by atoms with E-state index in [9.17, 15) is 31.6 Å². The molecule has 0 saturated heterocycles. The lowest BCUT2D eigenvalue weighted by Crippen LogP contribution is -2.31. The fourth-order valence-corrected chi connectivity index (χ4v) is 4.28. The third-order valence-electron chi connectivity index (χ3n) is 5.38. The second-order valence-corrected chi connectivity index (χ2v) is 9.46. The van der Waals surface area contributed by atoms with E-state index in [0.29, 0.717) is 6.42 Å². The summed E-state index contributed by atoms with van der Waals surface area (Å²) in [5.74, 6) is -5.09. The summed E-state index contributed by atoms with van der Waals surface area (Å²) in [5, 5.41) is 2.51. The molecule has 0 saturated carbocycles. The molecular formula is C24H18F2N2O5S. The number of amides is 3. The van der Waals surface area contributed by atoms with Crippen LogP contribution in [-0.2, 0) is 16.3 Å². The van der Waals surface area contributed by atoms with E-state index in [1.807, 2.05) is 30.3 Å². The molecule has 3 aromatic carbocycles. The first kappa shape index (κ1) is 23.2. The molecule has 0 aliphatic carbocycles. The number of nitrogens with one attached hydrogen (secondary N) is 1. The highest BCUT2D eigenvalue weighted by molar-refractivity contribution is 7.91. The zero-order valence-corrected chi connectivity index (χ0v) is 18.4. The SMILES string of the molecule is O=C(Nc1ccc(S(=O)(=O)C(F)F)cc1)c1ccc2c(c1)C(=O)N(CCc1ccccc1)C2=O. The monoisotopic (exact) mass is 484 g/mol. The van der Waals surface area contributed by atoms with Gasteiger partial charge in [0.1, 0.15) is 0 Å². The Kier molecular flexibility index (Phi) is 6.25. The molecule has 0 unspecified atom stereocenters. The molecule has 0 radical (unpaired) electrons. The summed E-state index contributed by atoms with van der Waals surface area (Å²) < 4.78 is 48.3. The van der Waals surface area contributed by atoms with E-state index in [-0.39, 0.29) is 28.9 Å². The Hall–Kier alpha value is -3.92. The fourth-order valence-electron chi connectivity index (χ4n) is 3.55. The van der Waals surface area contributed by atoms with Crippen molar-refractivity contribution in [2.45, 2.75) is 17.1 Å². The van der Waals surface area contributed by atoms with E-state index in [0.717, 1.165) is 22.6 Å². The minimum absolute atomic E-state index is 0.106. The smallest absolute Gasteiger partial charge is 0.322 e. The Bertz CT molecular complexity index is 1370. The van der Waals surface area contributed by atoms with Gasteiger partial charge in [-0.2, -0.15) is 8.78 Å². The number of hydrogen-bond donors (Lipinski definition) is 1. The van der Waals surface area contributed by atoms with Crippen LogP contribution >= 0.6 is 0 Å². The molecule has 4 rings (SSSR count). The van der Waals surface area contributed by atoms with E-state index < -0.39 is 38.2 Å². The van der Waals surface area contributed by atoms with Gasteiger partial charge in [0.15, 0.2) is 0 Å². The molecule has 0 bridgehead atoms. The summed E-state index contributed by atoms with van der Waals surface area (Å²) in [6.07, 6.45) is 0.497. The summed E-state index contributed by atoms with van der Waals surface area (Å²) in [7, 11) is -4.74. The molecule has 3 amide bonds. The van der Waals surface area contributed by atoms with Crippen LogP contribution in [0, 0.1) is 0 Å². The lowest BCUT2D eigenvalue weighted by Gasteiger charge is -2.13. The highest BCUT2D eigenvalue weighted by atomic mass is 32.2. The molecule has 1 N–H and O–H groups in total. The second kappa shape index (κ2) is 9.14. The average Bonchev–Trinajstić information content (AvgIpc) is 3.07. The number of benzene rings is 3. The number of rotatable bonds is 7. The Morgan fingerprint density at radius 2 is 1.53 bits per heavy atom. The fraction of sp³-hybridized carbons (Fsp3) is 0.125. The Labute approximate surface area is 193 Å². The molecule has 34 heavy (non-hydrogen) atoms. The van der Waals surface area contributed by atoms with E-state index in [4.69, 9.17) is 0 Å². The number of carbonyl (C=O) groups excluding carboxylic acids is 3. The zero-order valence-electron chi connectivity index (χ0n) is 17.6. The lowest BCUT2D eigenvalue weighted by atomic mass is 10.1. The van der Waals surface area contributed by atoms with E-state index in [2.05, 4.69) is 5.32 Å². The molecule has 1 aliphatic heterocycles. The quantitative estimate of drug-likeness (QED) is 0.515. The van der Waals surface area contributed by atoms with Crippen LogP contribution in [-0.4, -0.2) is 43.3 Å². The van der Waals surface area contributed by atoms with E-state index >= 15 is 0 Å². The van der Waals surface area contributed by atoms with Gasteiger partial charge in [-0.05, 0) is 54.4 Å². The normalized spacial score (nSPS) is 13.3. The van der Waals surface area contributed by atoms with Crippen molar-refractivity contribution in [2.24, 2.45) is 0 Å². The van der Waals surface area contributed by atoms with Gasteiger partial charge in [0, 0.05) is 17.8 Å². The first-order valence-electron chi connectivity index (χ1n) is 10.2. The Balaban J connectivity index is 1.47. The second-order valence-electron chi connectivity index (χ2n) is 7.54. The molecule has 0 spiro atoms. The summed E-state index contributed by atoms with van der Waals surface area (Å²) in [4.78, 5) is 38.7. The maximum Gasteiger partial charge on any atom is 0.341 e. The van der Waals surface area contributed by atoms with Crippen molar-refractivity contribution in [3.63, 3.8) is 0 Å². The van der Waals surface area contributed by atoms with Crippen molar-refractivity contribution in [2.75, 3.05) is 11.9 Å². The number of imide groups is 1. The van der Waals surface area contributed by atoms with Crippen LogP contribution in [0.1, 0.15) is 36.6 Å². The van der Waals surface area contributed by atoms with Gasteiger partial charge in [0.2, 0.25) is 9.84 Å². The van der Waals surface area contributed by atoms with E-state index in [1.165, 1.54) is 30.3 Å². The van der Waals surface area contributed by atoms with Gasteiger partial charge in [-0.25, -0.2) is 8.42 Å². The molecule has 0 atom stereocenters. The third kappa shape index (κ3) is 4.44. The maximum atomic E-state index is 12.8. The molecular weight excluding hydrogens is 466 g/mol. The summed E-state index contributed by atoms with van der Waals surface area (Å²) in [6.45, 7) is 0.200. The van der Waals surface area contributed by atoms with Gasteiger partial charge in [0.05, 0.1) is 16.0 Å². The maximum absolute atomic E-state index is 12.8. The van der Waals surface area contributed by atoms with Crippen molar-refractivity contribution < 1.29 is 31.6 Å². The highest BCUT2D eigenvalue weighted by Gasteiger charge is 2.35. The number of hydrogen-bond acceptors (Lipinski definition) is 5. The average molecular weight is 484 g/mol. The first-order chi connectivity index (χ1) is 16.2. The topological polar surface area (TPSA) is 101 Å². The molecule has 0 fully saturated rings. The predicted molar refractivity (Wildman–Crippen MR) is 120 cm³/mol. The van der Waals surface area contributed by atoms with Gasteiger partial charge < -0.3 is 5.32 Å². The first-order valence-corrected chi connectivity index (χ1v) is 11.7. The van der Waals surface area contributed by atoms with Crippen LogP contribution in [0.2, 0.25) is 0 Å². The van der Waals surface area contributed by atoms with Crippen molar-refractivity contribution in [3.8, 4) is 0 Å². The van der Waals surface area contributed by atoms with Crippen molar-refractivity contribution in [1.29, 1.82) is 0 Å². The van der Waals surface area contributed by atoms with Crippen LogP contribution in [0.3, 0.4) is 0 Å². The summed E-state index contributed by atoms with van der Waals surface area (Å²) in [5.41, 5.74) is 1.58. The van der Waals surface area contributed by atoms with E-state index in [1.54, 1.807) is 0 Å². The number of carbonyl (C=O) groups is 3. The molecule has 1 heterocycles. The minimum atomic E-state index is -4.74. The Morgan fingerprint density at radius 1 is 0.882 bits per heavy atom. The van der Waals surface area contributed by atoms with Crippen LogP contribution in [0.15, 0.2) is 77.7 Å². The summed E-state index contributed by atoms with van der Waals surface area (Å²) in [6, 6.07) is 17.8. The van der Waals surface area contributed by atoms with Crippen LogP contribution in [0.4, 0.5) is 14.5 Å². The number of nitrogens with zero attached hydrogens (tertiary/aromatic N) is 1.